The van der Waals surface area contributed by atoms with E-state index in [1.807, 2.05) is 0 Å². The van der Waals surface area contributed by atoms with E-state index in [4.69, 9.17) is 0 Å². The summed E-state index contributed by atoms with van der Waals surface area (Å²) >= 11 is 0. The second-order valence-electron chi connectivity index (χ2n) is 4.04. The first kappa shape index (κ1) is 9.96. The third-order valence-corrected chi connectivity index (χ3v) is 2.00. The van der Waals surface area contributed by atoms with Crippen LogP contribution < -0.4 is 5.32 Å². The molecule has 0 aromatic heterocycles. The third-order valence-electron chi connectivity index (χ3n) is 2.00. The second kappa shape index (κ2) is 3.97. The standard InChI is InChI=1S/C9H21N/c1-6-7-10-8(2)9(3,4)5/h8,10H,6-7H2,1-5H3. The van der Waals surface area contributed by atoms with Crippen molar-refractivity contribution in [1.29, 1.82) is 0 Å². The van der Waals surface area contributed by atoms with Gasteiger partial charge in [0.15, 0.2) is 0 Å². The molecule has 1 atom stereocenters. The number of hydrogen-bond donors (Lipinski definition) is 1. The van der Waals surface area contributed by atoms with Crippen molar-refractivity contribution >= 4 is 0 Å². The maximum Gasteiger partial charge on any atom is 0.00872 e. The van der Waals surface area contributed by atoms with Crippen LogP contribution in [0.15, 0.2) is 0 Å². The van der Waals surface area contributed by atoms with Gasteiger partial charge in [-0.1, -0.05) is 27.7 Å². The molecule has 0 fully saturated rings. The highest BCUT2D eigenvalue weighted by atomic mass is 14.9. The van der Waals surface area contributed by atoms with Crippen molar-refractivity contribution in [2.45, 2.75) is 47.1 Å². The van der Waals surface area contributed by atoms with Crippen molar-refractivity contribution < 1.29 is 0 Å². The van der Waals surface area contributed by atoms with Crippen LogP contribution in [0.25, 0.3) is 0 Å². The first-order valence-corrected chi connectivity index (χ1v) is 4.22. The van der Waals surface area contributed by atoms with Crippen LogP contribution in [0, 0.1) is 5.41 Å². The van der Waals surface area contributed by atoms with Crippen LogP contribution in [0.5, 0.6) is 0 Å². The van der Waals surface area contributed by atoms with Crippen LogP contribution in [0.4, 0.5) is 0 Å². The lowest BCUT2D eigenvalue weighted by Crippen LogP contribution is -2.37. The average molecular weight is 143 g/mol. The molecule has 0 saturated heterocycles. The number of rotatable bonds is 3. The molecule has 1 heteroatoms. The smallest absolute Gasteiger partial charge is 0.00872 e. The van der Waals surface area contributed by atoms with Gasteiger partial charge in [-0.25, -0.2) is 0 Å². The number of nitrogens with one attached hydrogen (secondary N) is 1. The Balaban J connectivity index is 3.52. The molecule has 0 radical (unpaired) electrons. The Morgan fingerprint density at radius 3 is 2.10 bits per heavy atom. The van der Waals surface area contributed by atoms with Gasteiger partial charge in [-0.05, 0) is 25.3 Å². The molecule has 0 aromatic rings. The van der Waals surface area contributed by atoms with E-state index in [2.05, 4.69) is 39.9 Å². The Labute approximate surface area is 65.2 Å². The summed E-state index contributed by atoms with van der Waals surface area (Å²) < 4.78 is 0. The average Bonchev–Trinajstić information content (AvgIpc) is 1.80. The Kier molecular flexibility index (Phi) is 3.95. The predicted molar refractivity (Wildman–Crippen MR) is 47.2 cm³/mol. The van der Waals surface area contributed by atoms with Crippen LogP contribution >= 0.6 is 0 Å². The van der Waals surface area contributed by atoms with Gasteiger partial charge in [0.1, 0.15) is 0 Å². The van der Waals surface area contributed by atoms with Crippen LogP contribution in [-0.2, 0) is 0 Å². The fraction of sp³-hybridized carbons (Fsp3) is 1.00. The molecule has 0 aliphatic carbocycles. The van der Waals surface area contributed by atoms with E-state index in [1.165, 1.54) is 6.42 Å². The molecule has 0 bridgehead atoms. The summed E-state index contributed by atoms with van der Waals surface area (Å²) in [5.74, 6) is 0. The van der Waals surface area contributed by atoms with Crippen molar-refractivity contribution in [3.63, 3.8) is 0 Å². The molecule has 0 spiro atoms. The van der Waals surface area contributed by atoms with Gasteiger partial charge in [-0.3, -0.25) is 0 Å². The van der Waals surface area contributed by atoms with Gasteiger partial charge in [0.2, 0.25) is 0 Å². The molecule has 1 unspecified atom stereocenters. The molecule has 1 N–H and O–H groups in total. The summed E-state index contributed by atoms with van der Waals surface area (Å²) in [5, 5.41) is 3.47. The highest BCUT2D eigenvalue weighted by Crippen LogP contribution is 2.17. The zero-order valence-electron chi connectivity index (χ0n) is 7.99. The molecule has 0 aromatic carbocycles. The third kappa shape index (κ3) is 3.89. The normalized spacial score (nSPS) is 15.3. The molecular weight excluding hydrogens is 122 g/mol. The Hall–Kier alpha value is -0.0400. The molecule has 0 saturated carbocycles. The maximum absolute atomic E-state index is 3.47. The fourth-order valence-corrected chi connectivity index (χ4v) is 0.667. The molecule has 0 aliphatic heterocycles. The topological polar surface area (TPSA) is 12.0 Å². The van der Waals surface area contributed by atoms with Crippen LogP contribution in [0.2, 0.25) is 0 Å². The molecule has 0 amide bonds. The molecule has 0 aliphatic rings. The van der Waals surface area contributed by atoms with Crippen molar-refractivity contribution in [2.24, 2.45) is 5.41 Å². The van der Waals surface area contributed by atoms with Crippen molar-refractivity contribution in [2.75, 3.05) is 6.54 Å². The van der Waals surface area contributed by atoms with Gasteiger partial charge in [0, 0.05) is 6.04 Å². The number of hydrogen-bond acceptors (Lipinski definition) is 1. The Bertz CT molecular complexity index is 81.2. The Morgan fingerprint density at radius 1 is 1.30 bits per heavy atom. The van der Waals surface area contributed by atoms with Crippen molar-refractivity contribution in [1.82, 2.24) is 5.32 Å². The lowest BCUT2D eigenvalue weighted by atomic mass is 9.88. The fourth-order valence-electron chi connectivity index (χ4n) is 0.667. The second-order valence-corrected chi connectivity index (χ2v) is 4.04. The minimum atomic E-state index is 0.398. The summed E-state index contributed by atoms with van der Waals surface area (Å²) in [4.78, 5) is 0. The van der Waals surface area contributed by atoms with Crippen LogP contribution in [0.1, 0.15) is 41.0 Å². The van der Waals surface area contributed by atoms with E-state index in [-0.39, 0.29) is 0 Å². The van der Waals surface area contributed by atoms with E-state index < -0.39 is 0 Å². The zero-order chi connectivity index (χ0) is 8.20. The van der Waals surface area contributed by atoms with E-state index in [1.54, 1.807) is 0 Å². The monoisotopic (exact) mass is 143 g/mol. The summed E-state index contributed by atoms with van der Waals surface area (Å²) in [6.45, 7) is 12.4. The Morgan fingerprint density at radius 2 is 1.80 bits per heavy atom. The van der Waals surface area contributed by atoms with Gasteiger partial charge in [0.05, 0.1) is 0 Å². The SMILES string of the molecule is CCCNC(C)C(C)(C)C. The van der Waals surface area contributed by atoms with E-state index in [0.717, 1.165) is 6.54 Å². The largest absolute Gasteiger partial charge is 0.314 e. The van der Waals surface area contributed by atoms with Gasteiger partial charge in [-0.15, -0.1) is 0 Å². The zero-order valence-corrected chi connectivity index (χ0v) is 7.99. The van der Waals surface area contributed by atoms with Gasteiger partial charge >= 0.3 is 0 Å². The summed E-state index contributed by atoms with van der Waals surface area (Å²) in [6.07, 6.45) is 1.22. The summed E-state index contributed by atoms with van der Waals surface area (Å²) in [5.41, 5.74) is 0.398. The minimum absolute atomic E-state index is 0.398. The molecule has 0 rings (SSSR count). The van der Waals surface area contributed by atoms with Gasteiger partial charge < -0.3 is 5.32 Å². The lowest BCUT2D eigenvalue weighted by molar-refractivity contribution is 0.287. The van der Waals surface area contributed by atoms with Crippen LogP contribution in [-0.4, -0.2) is 12.6 Å². The molecule has 0 heterocycles. The predicted octanol–water partition coefficient (Wildman–Crippen LogP) is 2.42. The molecular formula is C9H21N. The highest BCUT2D eigenvalue weighted by molar-refractivity contribution is 4.75. The van der Waals surface area contributed by atoms with Gasteiger partial charge in [-0.2, -0.15) is 0 Å². The van der Waals surface area contributed by atoms with E-state index >= 15 is 0 Å². The minimum Gasteiger partial charge on any atom is -0.314 e. The van der Waals surface area contributed by atoms with Crippen molar-refractivity contribution in [3.05, 3.63) is 0 Å². The van der Waals surface area contributed by atoms with Crippen LogP contribution in [0.3, 0.4) is 0 Å². The molecule has 62 valence electrons. The first-order chi connectivity index (χ1) is 4.48. The first-order valence-electron chi connectivity index (χ1n) is 4.22. The summed E-state index contributed by atoms with van der Waals surface area (Å²) in [7, 11) is 0. The molecule has 1 nitrogen and oxygen atoms in total. The quantitative estimate of drug-likeness (QED) is 0.640. The van der Waals surface area contributed by atoms with Gasteiger partial charge in [0.25, 0.3) is 0 Å². The maximum atomic E-state index is 3.47. The highest BCUT2D eigenvalue weighted by Gasteiger charge is 2.18. The van der Waals surface area contributed by atoms with E-state index in [9.17, 15) is 0 Å². The van der Waals surface area contributed by atoms with E-state index in [0.29, 0.717) is 11.5 Å². The van der Waals surface area contributed by atoms with Crippen molar-refractivity contribution in [3.8, 4) is 0 Å². The summed E-state index contributed by atoms with van der Waals surface area (Å²) in [6, 6.07) is 0.618. The molecule has 10 heavy (non-hydrogen) atoms. The lowest BCUT2D eigenvalue weighted by Gasteiger charge is -2.28.